The van der Waals surface area contributed by atoms with Crippen molar-refractivity contribution < 1.29 is 29.1 Å². The van der Waals surface area contributed by atoms with Crippen molar-refractivity contribution in [2.24, 2.45) is 33.8 Å². The van der Waals surface area contributed by atoms with E-state index in [0.29, 0.717) is 6.42 Å². The Bertz CT molecular complexity index is 708. The number of hydrogen-bond donors (Lipinski definition) is 8. The molecule has 0 rings (SSSR count). The van der Waals surface area contributed by atoms with Crippen molar-refractivity contribution in [2.45, 2.75) is 57.7 Å². The van der Waals surface area contributed by atoms with Gasteiger partial charge in [0.15, 0.2) is 5.96 Å². The fourth-order valence-electron chi connectivity index (χ4n) is 2.51. The monoisotopic (exact) mass is 458 g/mol. The van der Waals surface area contributed by atoms with E-state index in [-0.39, 0.29) is 37.7 Å². The molecule has 0 aromatic heterocycles. The first-order valence-electron chi connectivity index (χ1n) is 10.0. The van der Waals surface area contributed by atoms with Crippen LogP contribution >= 0.6 is 0 Å². The number of nitrogens with zero attached hydrogens (tertiary/aromatic N) is 1. The number of guanidine groups is 1. The minimum Gasteiger partial charge on any atom is -0.480 e. The van der Waals surface area contributed by atoms with Gasteiger partial charge in [-0.25, -0.2) is 4.79 Å². The molecule has 3 atom stereocenters. The molecule has 14 heteroatoms. The van der Waals surface area contributed by atoms with E-state index >= 15 is 0 Å². The van der Waals surface area contributed by atoms with Gasteiger partial charge in [0.2, 0.25) is 23.6 Å². The topological polar surface area (TPSA) is 258 Å². The molecule has 0 bridgehead atoms. The molecule has 0 fully saturated rings. The van der Waals surface area contributed by atoms with Crippen LogP contribution in [0.5, 0.6) is 0 Å². The second-order valence-corrected chi connectivity index (χ2v) is 7.47. The van der Waals surface area contributed by atoms with Gasteiger partial charge >= 0.3 is 5.97 Å². The molecular weight excluding hydrogens is 424 g/mol. The van der Waals surface area contributed by atoms with Gasteiger partial charge in [0, 0.05) is 13.0 Å². The highest BCUT2D eigenvalue weighted by Crippen LogP contribution is 2.04. The largest absolute Gasteiger partial charge is 0.480 e. The number of primary amides is 1. The van der Waals surface area contributed by atoms with Gasteiger partial charge in [-0.1, -0.05) is 13.8 Å². The first-order valence-corrected chi connectivity index (χ1v) is 10.0. The Labute approximate surface area is 185 Å². The summed E-state index contributed by atoms with van der Waals surface area (Å²) in [6, 6.07) is -3.21. The lowest BCUT2D eigenvalue weighted by atomic mass is 10.0. The maximum atomic E-state index is 12.4. The Morgan fingerprint density at radius 2 is 1.59 bits per heavy atom. The summed E-state index contributed by atoms with van der Waals surface area (Å²) in [5, 5.41) is 16.4. The molecular formula is C18H34N8O6. The molecule has 0 aliphatic carbocycles. The Kier molecular flexibility index (Phi) is 13.0. The predicted molar refractivity (Wildman–Crippen MR) is 116 cm³/mol. The number of carbonyl (C=O) groups is 5. The molecule has 0 saturated heterocycles. The smallest absolute Gasteiger partial charge is 0.326 e. The van der Waals surface area contributed by atoms with E-state index in [1.54, 1.807) is 13.8 Å². The molecule has 0 saturated carbocycles. The zero-order valence-electron chi connectivity index (χ0n) is 18.3. The van der Waals surface area contributed by atoms with Crippen LogP contribution in [0.15, 0.2) is 4.99 Å². The lowest BCUT2D eigenvalue weighted by molar-refractivity contribution is -0.142. The fourth-order valence-corrected chi connectivity index (χ4v) is 2.51. The number of aliphatic carboxylic acids is 1. The summed E-state index contributed by atoms with van der Waals surface area (Å²) in [6.07, 6.45) is 0.346. The number of nitrogens with one attached hydrogen (secondary N) is 3. The second kappa shape index (κ2) is 14.6. The Hall–Kier alpha value is -3.42. The third-order valence-corrected chi connectivity index (χ3v) is 4.29. The highest BCUT2D eigenvalue weighted by atomic mass is 16.4. The van der Waals surface area contributed by atoms with Crippen molar-refractivity contribution in [3.63, 3.8) is 0 Å². The zero-order chi connectivity index (χ0) is 24.8. The highest BCUT2D eigenvalue weighted by Gasteiger charge is 2.27. The summed E-state index contributed by atoms with van der Waals surface area (Å²) in [4.78, 5) is 62.5. The van der Waals surface area contributed by atoms with E-state index in [0.717, 1.165) is 0 Å². The van der Waals surface area contributed by atoms with Gasteiger partial charge in [-0.05, 0) is 25.2 Å². The maximum Gasteiger partial charge on any atom is 0.326 e. The van der Waals surface area contributed by atoms with Crippen molar-refractivity contribution in [1.82, 2.24) is 16.0 Å². The quantitative estimate of drug-likeness (QED) is 0.0685. The summed E-state index contributed by atoms with van der Waals surface area (Å²) in [7, 11) is 0. The minimum atomic E-state index is -1.24. The van der Waals surface area contributed by atoms with Crippen LogP contribution in [0.3, 0.4) is 0 Å². The molecule has 0 heterocycles. The normalized spacial score (nSPS) is 13.4. The molecule has 182 valence electrons. The van der Waals surface area contributed by atoms with Crippen LogP contribution in [0.2, 0.25) is 0 Å². The molecule has 12 N–H and O–H groups in total. The Balaban J connectivity index is 4.72. The molecule has 14 nitrogen and oxygen atoms in total. The molecule has 0 aromatic carbocycles. The van der Waals surface area contributed by atoms with Crippen LogP contribution < -0.4 is 38.9 Å². The van der Waals surface area contributed by atoms with Crippen molar-refractivity contribution >= 4 is 35.6 Å². The summed E-state index contributed by atoms with van der Waals surface area (Å²) < 4.78 is 0. The van der Waals surface area contributed by atoms with Crippen molar-refractivity contribution in [3.8, 4) is 0 Å². The maximum absolute atomic E-state index is 12.4. The van der Waals surface area contributed by atoms with E-state index in [1.165, 1.54) is 0 Å². The van der Waals surface area contributed by atoms with Crippen LogP contribution in [-0.2, 0) is 24.0 Å². The SMILES string of the molecule is CC(C)C(NC(=O)C(N)CCC(N)=O)C(=O)NCC(=O)NC(CCCN=C(N)N)C(=O)O. The van der Waals surface area contributed by atoms with E-state index in [1.807, 2.05) is 0 Å². The number of nitrogens with two attached hydrogens (primary N) is 4. The highest BCUT2D eigenvalue weighted by molar-refractivity contribution is 5.92. The van der Waals surface area contributed by atoms with Crippen molar-refractivity contribution in [1.29, 1.82) is 0 Å². The molecule has 0 aliphatic heterocycles. The lowest BCUT2D eigenvalue weighted by Crippen LogP contribution is -2.55. The molecule has 0 aromatic rings. The molecule has 32 heavy (non-hydrogen) atoms. The van der Waals surface area contributed by atoms with Crippen LogP contribution in [0.25, 0.3) is 0 Å². The Morgan fingerprint density at radius 3 is 2.09 bits per heavy atom. The first kappa shape index (κ1) is 28.6. The van der Waals surface area contributed by atoms with Crippen LogP contribution in [0, 0.1) is 5.92 Å². The van der Waals surface area contributed by atoms with Crippen LogP contribution in [-0.4, -0.2) is 71.9 Å². The predicted octanol–water partition coefficient (Wildman–Crippen LogP) is -3.54. The van der Waals surface area contributed by atoms with Gasteiger partial charge in [0.1, 0.15) is 12.1 Å². The van der Waals surface area contributed by atoms with Gasteiger partial charge in [-0.15, -0.1) is 0 Å². The van der Waals surface area contributed by atoms with E-state index in [9.17, 15) is 29.1 Å². The average molecular weight is 459 g/mol. The number of carboxylic acid groups (broad SMARTS) is 1. The third-order valence-electron chi connectivity index (χ3n) is 4.29. The van der Waals surface area contributed by atoms with E-state index in [4.69, 9.17) is 22.9 Å². The van der Waals surface area contributed by atoms with Gasteiger partial charge in [-0.3, -0.25) is 24.2 Å². The van der Waals surface area contributed by atoms with Crippen molar-refractivity contribution in [3.05, 3.63) is 0 Å². The number of hydrogen-bond acceptors (Lipinski definition) is 7. The number of rotatable bonds is 15. The lowest BCUT2D eigenvalue weighted by Gasteiger charge is -2.23. The molecule has 0 aliphatic rings. The van der Waals surface area contributed by atoms with Gasteiger partial charge in [0.05, 0.1) is 12.6 Å². The third kappa shape index (κ3) is 12.3. The number of carboxylic acids is 1. The zero-order valence-corrected chi connectivity index (χ0v) is 18.3. The number of carbonyl (C=O) groups excluding carboxylic acids is 4. The van der Waals surface area contributed by atoms with Gasteiger partial charge in [-0.2, -0.15) is 0 Å². The minimum absolute atomic E-state index is 0.0236. The molecule has 4 amide bonds. The van der Waals surface area contributed by atoms with Crippen LogP contribution in [0.4, 0.5) is 0 Å². The first-order chi connectivity index (χ1) is 14.8. The average Bonchev–Trinajstić information content (AvgIpc) is 2.69. The van der Waals surface area contributed by atoms with E-state index in [2.05, 4.69) is 20.9 Å². The number of amides is 4. The van der Waals surface area contributed by atoms with Gasteiger partial charge < -0.3 is 44.0 Å². The molecule has 0 radical (unpaired) electrons. The fraction of sp³-hybridized carbons (Fsp3) is 0.667. The second-order valence-electron chi connectivity index (χ2n) is 7.47. The van der Waals surface area contributed by atoms with Gasteiger partial charge in [0.25, 0.3) is 0 Å². The summed E-state index contributed by atoms with van der Waals surface area (Å²) in [6.45, 7) is 3.06. The summed E-state index contributed by atoms with van der Waals surface area (Å²) in [5.74, 6) is -4.32. The summed E-state index contributed by atoms with van der Waals surface area (Å²) >= 11 is 0. The standard InChI is InChI=1S/C18H34N8O6/c1-9(2)14(26-15(29)10(19)5-6-12(20)27)16(30)24-8-13(28)25-11(17(31)32)4-3-7-23-18(21)22/h9-11,14H,3-8,19H2,1-2H3,(H2,20,27)(H,24,30)(H,25,28)(H,26,29)(H,31,32)(H4,21,22,23). The number of aliphatic imine (C=N–C) groups is 1. The Morgan fingerprint density at radius 1 is 0.969 bits per heavy atom. The summed E-state index contributed by atoms with van der Waals surface area (Å²) in [5.41, 5.74) is 21.1. The molecule has 0 spiro atoms. The van der Waals surface area contributed by atoms with Crippen molar-refractivity contribution in [2.75, 3.05) is 13.1 Å². The molecule has 3 unspecified atom stereocenters. The van der Waals surface area contributed by atoms with Crippen LogP contribution in [0.1, 0.15) is 39.5 Å². The van der Waals surface area contributed by atoms with E-state index < -0.39 is 54.3 Å².